The van der Waals surface area contributed by atoms with E-state index in [1.165, 1.54) is 0 Å². The van der Waals surface area contributed by atoms with Crippen molar-refractivity contribution in [2.45, 2.75) is 12.7 Å². The van der Waals surface area contributed by atoms with Gasteiger partial charge in [-0.3, -0.25) is 0 Å². The first-order chi connectivity index (χ1) is 12.7. The Kier molecular flexibility index (Phi) is 4.57. The first-order valence-electron chi connectivity index (χ1n) is 7.83. The standard InChI is InChI=1S/C18H13BrN2O5/c19-12-7-5-11(6-8-12)17-20-16(26-21-17)10-24-18(22)15-9-23-13-3-1-2-4-14(13)25-15/h1-8,15H,9-10H2. The number of carbonyl (C=O) groups is 1. The molecule has 7 nitrogen and oxygen atoms in total. The van der Waals surface area contributed by atoms with Crippen molar-refractivity contribution in [3.8, 4) is 22.9 Å². The van der Waals surface area contributed by atoms with Gasteiger partial charge in [0.1, 0.15) is 6.61 Å². The van der Waals surface area contributed by atoms with E-state index in [-0.39, 0.29) is 19.1 Å². The Morgan fingerprint density at radius 3 is 2.73 bits per heavy atom. The molecule has 3 aromatic rings. The average Bonchev–Trinajstić information content (AvgIpc) is 3.15. The Hall–Kier alpha value is -2.87. The fourth-order valence-electron chi connectivity index (χ4n) is 2.39. The largest absolute Gasteiger partial charge is 0.485 e. The van der Waals surface area contributed by atoms with Gasteiger partial charge in [-0.2, -0.15) is 4.98 Å². The summed E-state index contributed by atoms with van der Waals surface area (Å²) in [5.74, 6) is 1.19. The summed E-state index contributed by atoms with van der Waals surface area (Å²) >= 11 is 3.37. The maximum Gasteiger partial charge on any atom is 0.351 e. The molecular weight excluding hydrogens is 404 g/mol. The van der Waals surface area contributed by atoms with Crippen LogP contribution in [0.3, 0.4) is 0 Å². The molecule has 132 valence electrons. The SMILES string of the molecule is O=C(OCc1nc(-c2ccc(Br)cc2)no1)C1COc2ccccc2O1. The second kappa shape index (κ2) is 7.17. The molecule has 0 amide bonds. The number of rotatable bonds is 4. The van der Waals surface area contributed by atoms with Gasteiger partial charge in [0.2, 0.25) is 11.9 Å². The molecule has 4 rings (SSSR count). The van der Waals surface area contributed by atoms with E-state index in [0.29, 0.717) is 17.3 Å². The fraction of sp³-hybridized carbons (Fsp3) is 0.167. The number of ether oxygens (including phenoxy) is 3. The minimum atomic E-state index is -0.834. The molecule has 1 aliphatic rings. The highest BCUT2D eigenvalue weighted by atomic mass is 79.9. The number of hydrogen-bond donors (Lipinski definition) is 0. The van der Waals surface area contributed by atoms with Gasteiger partial charge in [-0.25, -0.2) is 4.79 Å². The number of esters is 1. The van der Waals surface area contributed by atoms with Crippen molar-refractivity contribution < 1.29 is 23.5 Å². The highest BCUT2D eigenvalue weighted by Crippen LogP contribution is 2.31. The number of nitrogens with zero attached hydrogens (tertiary/aromatic N) is 2. The van der Waals surface area contributed by atoms with Crippen molar-refractivity contribution >= 4 is 21.9 Å². The molecule has 0 radical (unpaired) electrons. The normalized spacial score (nSPS) is 15.5. The van der Waals surface area contributed by atoms with Gasteiger partial charge in [-0.05, 0) is 36.4 Å². The van der Waals surface area contributed by atoms with E-state index in [4.69, 9.17) is 18.7 Å². The van der Waals surface area contributed by atoms with Gasteiger partial charge in [0, 0.05) is 10.0 Å². The van der Waals surface area contributed by atoms with E-state index in [0.717, 1.165) is 10.0 Å². The topological polar surface area (TPSA) is 83.7 Å². The second-order valence-electron chi connectivity index (χ2n) is 5.49. The molecule has 2 aromatic carbocycles. The highest BCUT2D eigenvalue weighted by Gasteiger charge is 2.29. The molecule has 0 saturated heterocycles. The summed E-state index contributed by atoms with van der Waals surface area (Å²) in [7, 11) is 0. The number of hydrogen-bond acceptors (Lipinski definition) is 7. The summed E-state index contributed by atoms with van der Waals surface area (Å²) in [6.45, 7) is -0.0479. The fourth-order valence-corrected chi connectivity index (χ4v) is 2.66. The summed E-state index contributed by atoms with van der Waals surface area (Å²) in [5, 5.41) is 3.89. The van der Waals surface area contributed by atoms with Crippen molar-refractivity contribution in [1.29, 1.82) is 0 Å². The van der Waals surface area contributed by atoms with Crippen LogP contribution >= 0.6 is 15.9 Å². The number of carbonyl (C=O) groups excluding carboxylic acids is 1. The van der Waals surface area contributed by atoms with Crippen LogP contribution in [0.4, 0.5) is 0 Å². The van der Waals surface area contributed by atoms with Crippen LogP contribution in [0.15, 0.2) is 57.5 Å². The predicted molar refractivity (Wildman–Crippen MR) is 93.6 cm³/mol. The Morgan fingerprint density at radius 1 is 1.15 bits per heavy atom. The van der Waals surface area contributed by atoms with Crippen molar-refractivity contribution in [2.75, 3.05) is 6.61 Å². The van der Waals surface area contributed by atoms with Gasteiger partial charge >= 0.3 is 5.97 Å². The van der Waals surface area contributed by atoms with Crippen LogP contribution in [0.25, 0.3) is 11.4 Å². The Bertz CT molecular complexity index is 925. The zero-order valence-corrected chi connectivity index (χ0v) is 15.0. The van der Waals surface area contributed by atoms with Crippen LogP contribution in [0.1, 0.15) is 5.89 Å². The molecule has 1 atom stereocenters. The maximum absolute atomic E-state index is 12.2. The monoisotopic (exact) mass is 416 g/mol. The summed E-state index contributed by atoms with van der Waals surface area (Å²) in [6.07, 6.45) is -0.834. The van der Waals surface area contributed by atoms with Gasteiger partial charge in [0.25, 0.3) is 5.89 Å². The minimum Gasteiger partial charge on any atom is -0.485 e. The zero-order chi connectivity index (χ0) is 17.9. The molecule has 2 heterocycles. The maximum atomic E-state index is 12.2. The van der Waals surface area contributed by atoms with E-state index in [2.05, 4.69) is 26.1 Å². The number of aromatic nitrogens is 2. The third kappa shape index (κ3) is 3.55. The molecule has 26 heavy (non-hydrogen) atoms. The van der Waals surface area contributed by atoms with Crippen LogP contribution < -0.4 is 9.47 Å². The van der Waals surface area contributed by atoms with Crippen LogP contribution in [-0.4, -0.2) is 28.8 Å². The summed E-state index contributed by atoms with van der Waals surface area (Å²) in [4.78, 5) is 16.4. The molecule has 0 N–H and O–H groups in total. The zero-order valence-electron chi connectivity index (χ0n) is 13.4. The first-order valence-corrected chi connectivity index (χ1v) is 8.62. The van der Waals surface area contributed by atoms with E-state index < -0.39 is 12.1 Å². The number of halogens is 1. The average molecular weight is 417 g/mol. The van der Waals surface area contributed by atoms with Crippen LogP contribution in [0.2, 0.25) is 0 Å². The van der Waals surface area contributed by atoms with E-state index in [1.54, 1.807) is 18.2 Å². The van der Waals surface area contributed by atoms with Crippen LogP contribution in [-0.2, 0) is 16.1 Å². The van der Waals surface area contributed by atoms with Crippen molar-refractivity contribution in [3.05, 3.63) is 58.9 Å². The Balaban J connectivity index is 1.36. The molecule has 8 heteroatoms. The minimum absolute atomic E-state index is 0.0871. The Labute approximate surface area is 157 Å². The van der Waals surface area contributed by atoms with Crippen LogP contribution in [0.5, 0.6) is 11.5 Å². The molecule has 1 aromatic heterocycles. The molecule has 0 fully saturated rings. The quantitative estimate of drug-likeness (QED) is 0.602. The first kappa shape index (κ1) is 16.6. The third-order valence-corrected chi connectivity index (χ3v) is 4.21. The van der Waals surface area contributed by atoms with Gasteiger partial charge in [0.15, 0.2) is 18.1 Å². The predicted octanol–water partition coefficient (Wildman–Crippen LogP) is 3.38. The summed E-state index contributed by atoms with van der Waals surface area (Å²) in [5.41, 5.74) is 0.801. The second-order valence-corrected chi connectivity index (χ2v) is 6.41. The molecule has 0 saturated carbocycles. The van der Waals surface area contributed by atoms with Crippen molar-refractivity contribution in [2.24, 2.45) is 0 Å². The van der Waals surface area contributed by atoms with E-state index in [9.17, 15) is 4.79 Å². The lowest BCUT2D eigenvalue weighted by molar-refractivity contribution is -0.156. The smallest absolute Gasteiger partial charge is 0.351 e. The van der Waals surface area contributed by atoms with Gasteiger partial charge in [-0.15, -0.1) is 0 Å². The summed E-state index contributed by atoms with van der Waals surface area (Å²) in [6, 6.07) is 14.6. The molecule has 0 bridgehead atoms. The summed E-state index contributed by atoms with van der Waals surface area (Å²) < 4.78 is 22.4. The van der Waals surface area contributed by atoms with Gasteiger partial charge in [-0.1, -0.05) is 33.2 Å². The number of para-hydroxylation sites is 2. The van der Waals surface area contributed by atoms with Crippen LogP contribution in [0, 0.1) is 0 Å². The molecule has 1 aliphatic heterocycles. The van der Waals surface area contributed by atoms with Crippen molar-refractivity contribution in [1.82, 2.24) is 10.1 Å². The molecule has 0 spiro atoms. The lowest BCUT2D eigenvalue weighted by atomic mass is 10.2. The number of fused-ring (bicyclic) bond motifs is 1. The van der Waals surface area contributed by atoms with E-state index in [1.807, 2.05) is 30.3 Å². The molecule has 1 unspecified atom stereocenters. The van der Waals surface area contributed by atoms with E-state index >= 15 is 0 Å². The van der Waals surface area contributed by atoms with Gasteiger partial charge in [0.05, 0.1) is 0 Å². The highest BCUT2D eigenvalue weighted by molar-refractivity contribution is 9.10. The van der Waals surface area contributed by atoms with Crippen molar-refractivity contribution in [3.63, 3.8) is 0 Å². The lowest BCUT2D eigenvalue weighted by Crippen LogP contribution is -2.37. The number of benzene rings is 2. The third-order valence-electron chi connectivity index (χ3n) is 3.68. The Morgan fingerprint density at radius 2 is 1.92 bits per heavy atom. The molecule has 0 aliphatic carbocycles. The van der Waals surface area contributed by atoms with Gasteiger partial charge < -0.3 is 18.7 Å². The molecular formula is C18H13BrN2O5. The lowest BCUT2D eigenvalue weighted by Gasteiger charge is -2.24.